The summed E-state index contributed by atoms with van der Waals surface area (Å²) in [5, 5.41) is 4.79. The van der Waals surface area contributed by atoms with Crippen LogP contribution < -0.4 is 10.1 Å². The number of benzene rings is 1. The number of amides is 1. The molecule has 0 unspecified atom stereocenters. The van der Waals surface area contributed by atoms with Crippen LogP contribution >= 0.6 is 33.9 Å². The molecular formula is C14H14INO2S. The number of carbonyl (C=O) groups excluding carboxylic acids is 1. The van der Waals surface area contributed by atoms with Gasteiger partial charge in [0.15, 0.2) is 0 Å². The van der Waals surface area contributed by atoms with Gasteiger partial charge in [-0.15, -0.1) is 11.3 Å². The third-order valence-electron chi connectivity index (χ3n) is 2.88. The lowest BCUT2D eigenvalue weighted by Crippen LogP contribution is -2.12. The molecule has 1 heterocycles. The molecule has 19 heavy (non-hydrogen) atoms. The van der Waals surface area contributed by atoms with Gasteiger partial charge in [0.2, 0.25) is 0 Å². The van der Waals surface area contributed by atoms with Crippen molar-refractivity contribution in [1.82, 2.24) is 0 Å². The van der Waals surface area contributed by atoms with Gasteiger partial charge in [0.25, 0.3) is 5.91 Å². The Hall–Kier alpha value is -1.08. The van der Waals surface area contributed by atoms with Gasteiger partial charge in [0, 0.05) is 16.6 Å². The maximum atomic E-state index is 12.1. The van der Waals surface area contributed by atoms with E-state index >= 15 is 0 Å². The van der Waals surface area contributed by atoms with Crippen LogP contribution in [0, 0.1) is 16.7 Å². The van der Waals surface area contributed by atoms with E-state index in [0.717, 1.165) is 25.4 Å². The molecule has 5 heteroatoms. The van der Waals surface area contributed by atoms with Crippen molar-refractivity contribution in [3.05, 3.63) is 43.2 Å². The Bertz CT molecular complexity index is 622. The topological polar surface area (TPSA) is 38.3 Å². The van der Waals surface area contributed by atoms with E-state index < -0.39 is 0 Å². The molecule has 0 radical (unpaired) electrons. The standard InChI is InChI=1S/C14H14INO2S/c1-8-4-5-11(9(2)13(8)18-3)16-14(17)10-6-12(15)19-7-10/h4-7H,1-3H3,(H,16,17). The lowest BCUT2D eigenvalue weighted by atomic mass is 10.1. The summed E-state index contributed by atoms with van der Waals surface area (Å²) in [6.45, 7) is 3.93. The minimum absolute atomic E-state index is 0.0897. The number of hydrogen-bond acceptors (Lipinski definition) is 3. The van der Waals surface area contributed by atoms with Crippen molar-refractivity contribution < 1.29 is 9.53 Å². The first-order valence-electron chi connectivity index (χ1n) is 5.72. The van der Waals surface area contributed by atoms with Crippen LogP contribution in [0.3, 0.4) is 0 Å². The van der Waals surface area contributed by atoms with Crippen LogP contribution in [-0.2, 0) is 0 Å². The fourth-order valence-corrected chi connectivity index (χ4v) is 3.23. The fraction of sp³-hybridized carbons (Fsp3) is 0.214. The number of nitrogens with one attached hydrogen (secondary N) is 1. The second kappa shape index (κ2) is 5.92. The molecule has 0 bridgehead atoms. The van der Waals surface area contributed by atoms with E-state index in [0.29, 0.717) is 5.56 Å². The molecule has 0 atom stereocenters. The number of thiophene rings is 1. The number of anilines is 1. The summed E-state index contributed by atoms with van der Waals surface area (Å²) in [5.41, 5.74) is 3.48. The molecule has 3 nitrogen and oxygen atoms in total. The van der Waals surface area contributed by atoms with Gasteiger partial charge >= 0.3 is 0 Å². The summed E-state index contributed by atoms with van der Waals surface area (Å²) in [4.78, 5) is 12.1. The Balaban J connectivity index is 2.27. The molecule has 1 N–H and O–H groups in total. The van der Waals surface area contributed by atoms with Crippen molar-refractivity contribution in [1.29, 1.82) is 0 Å². The van der Waals surface area contributed by atoms with Crippen molar-refractivity contribution in [2.24, 2.45) is 0 Å². The summed E-state index contributed by atoms with van der Waals surface area (Å²) in [6.07, 6.45) is 0. The summed E-state index contributed by atoms with van der Waals surface area (Å²) in [5.74, 6) is 0.728. The summed E-state index contributed by atoms with van der Waals surface area (Å²) < 4.78 is 6.46. The Morgan fingerprint density at radius 1 is 1.37 bits per heavy atom. The van der Waals surface area contributed by atoms with E-state index in [-0.39, 0.29) is 5.91 Å². The van der Waals surface area contributed by atoms with Crippen LogP contribution in [0.25, 0.3) is 0 Å². The van der Waals surface area contributed by atoms with Gasteiger partial charge < -0.3 is 10.1 Å². The minimum Gasteiger partial charge on any atom is -0.496 e. The molecule has 100 valence electrons. The largest absolute Gasteiger partial charge is 0.496 e. The minimum atomic E-state index is -0.0897. The second-order valence-corrected chi connectivity index (χ2v) is 6.99. The highest BCUT2D eigenvalue weighted by molar-refractivity contribution is 14.1. The van der Waals surface area contributed by atoms with Gasteiger partial charge in [-0.3, -0.25) is 4.79 Å². The molecule has 0 spiro atoms. The van der Waals surface area contributed by atoms with E-state index in [1.54, 1.807) is 18.4 Å². The van der Waals surface area contributed by atoms with Gasteiger partial charge in [0.1, 0.15) is 5.75 Å². The molecule has 0 aliphatic carbocycles. The van der Waals surface area contributed by atoms with Gasteiger partial charge in [-0.05, 0) is 54.1 Å². The van der Waals surface area contributed by atoms with E-state index in [4.69, 9.17) is 4.74 Å². The number of carbonyl (C=O) groups is 1. The highest BCUT2D eigenvalue weighted by Crippen LogP contribution is 2.29. The summed E-state index contributed by atoms with van der Waals surface area (Å²) in [6, 6.07) is 5.72. The normalized spacial score (nSPS) is 10.3. The molecule has 1 aromatic carbocycles. The van der Waals surface area contributed by atoms with Gasteiger partial charge in [-0.1, -0.05) is 6.07 Å². The molecule has 0 saturated carbocycles. The van der Waals surface area contributed by atoms with Crippen LogP contribution in [0.4, 0.5) is 5.69 Å². The number of methoxy groups -OCH3 is 1. The maximum absolute atomic E-state index is 12.1. The molecule has 0 fully saturated rings. The number of aryl methyl sites for hydroxylation is 1. The zero-order valence-corrected chi connectivity index (χ0v) is 13.9. The number of ether oxygens (including phenoxy) is 1. The number of halogens is 1. The van der Waals surface area contributed by atoms with Crippen LogP contribution in [0.2, 0.25) is 0 Å². The van der Waals surface area contributed by atoms with Crippen LogP contribution in [0.5, 0.6) is 5.75 Å². The molecule has 1 aromatic heterocycles. The molecule has 0 saturated heterocycles. The number of hydrogen-bond donors (Lipinski definition) is 1. The zero-order chi connectivity index (χ0) is 14.0. The second-order valence-electron chi connectivity index (χ2n) is 4.18. The van der Waals surface area contributed by atoms with Crippen molar-refractivity contribution in [2.45, 2.75) is 13.8 Å². The predicted molar refractivity (Wildman–Crippen MR) is 87.5 cm³/mol. The van der Waals surface area contributed by atoms with Gasteiger partial charge in [-0.25, -0.2) is 0 Å². The van der Waals surface area contributed by atoms with Crippen LogP contribution in [-0.4, -0.2) is 13.0 Å². The van der Waals surface area contributed by atoms with Crippen molar-refractivity contribution in [2.75, 3.05) is 12.4 Å². The molecule has 2 rings (SSSR count). The maximum Gasteiger partial charge on any atom is 0.256 e. The highest BCUT2D eigenvalue weighted by atomic mass is 127. The molecule has 1 amide bonds. The van der Waals surface area contributed by atoms with E-state index in [1.807, 2.05) is 37.4 Å². The quantitative estimate of drug-likeness (QED) is 0.801. The summed E-state index contributed by atoms with van der Waals surface area (Å²) in [7, 11) is 1.64. The lowest BCUT2D eigenvalue weighted by Gasteiger charge is -2.13. The smallest absolute Gasteiger partial charge is 0.256 e. The van der Waals surface area contributed by atoms with E-state index in [1.165, 1.54) is 0 Å². The lowest BCUT2D eigenvalue weighted by molar-refractivity contribution is 0.102. The van der Waals surface area contributed by atoms with E-state index in [9.17, 15) is 4.79 Å². The Labute approximate surface area is 130 Å². The van der Waals surface area contributed by atoms with Gasteiger partial charge in [-0.2, -0.15) is 0 Å². The predicted octanol–water partition coefficient (Wildman–Crippen LogP) is 4.23. The molecule has 0 aliphatic rings. The average molecular weight is 387 g/mol. The molecule has 0 aliphatic heterocycles. The molecule has 2 aromatic rings. The first kappa shape index (κ1) is 14.3. The highest BCUT2D eigenvalue weighted by Gasteiger charge is 2.12. The van der Waals surface area contributed by atoms with E-state index in [2.05, 4.69) is 27.9 Å². The van der Waals surface area contributed by atoms with Crippen LogP contribution in [0.1, 0.15) is 21.5 Å². The monoisotopic (exact) mass is 387 g/mol. The third-order valence-corrected chi connectivity index (χ3v) is 4.67. The van der Waals surface area contributed by atoms with Crippen LogP contribution in [0.15, 0.2) is 23.6 Å². The summed E-state index contributed by atoms with van der Waals surface area (Å²) >= 11 is 3.76. The van der Waals surface area contributed by atoms with Crippen molar-refractivity contribution in [3.63, 3.8) is 0 Å². The van der Waals surface area contributed by atoms with Gasteiger partial charge in [0.05, 0.1) is 15.6 Å². The first-order chi connectivity index (χ1) is 9.02. The number of rotatable bonds is 3. The average Bonchev–Trinajstić information content (AvgIpc) is 2.80. The zero-order valence-electron chi connectivity index (χ0n) is 10.9. The fourth-order valence-electron chi connectivity index (χ4n) is 1.90. The Morgan fingerprint density at radius 3 is 2.68 bits per heavy atom. The first-order valence-corrected chi connectivity index (χ1v) is 7.68. The third kappa shape index (κ3) is 3.09. The SMILES string of the molecule is COc1c(C)ccc(NC(=O)c2csc(I)c2)c1C. The molecular weight excluding hydrogens is 373 g/mol. The Morgan fingerprint density at radius 2 is 2.11 bits per heavy atom. The Kier molecular flexibility index (Phi) is 4.46. The van der Waals surface area contributed by atoms with Crippen molar-refractivity contribution >= 4 is 45.5 Å². The van der Waals surface area contributed by atoms with Crippen molar-refractivity contribution in [3.8, 4) is 5.75 Å².